The van der Waals surface area contributed by atoms with E-state index in [4.69, 9.17) is 22.1 Å². The molecule has 6 heteroatoms. The van der Waals surface area contributed by atoms with Gasteiger partial charge in [0, 0.05) is 9.50 Å². The molecule has 1 aliphatic heterocycles. The maximum Gasteiger partial charge on any atom is 0.262 e. The number of benzene rings is 2. The number of anilines is 1. The summed E-state index contributed by atoms with van der Waals surface area (Å²) in [6.07, 6.45) is 0. The lowest BCUT2D eigenvalue weighted by atomic mass is 9.99. The van der Waals surface area contributed by atoms with Crippen LogP contribution in [0.3, 0.4) is 0 Å². The molecule has 4 nitrogen and oxygen atoms in total. The Hall–Kier alpha value is -1.56. The fourth-order valence-electron chi connectivity index (χ4n) is 2.24. The van der Waals surface area contributed by atoms with Gasteiger partial charge in [-0.05, 0) is 41.5 Å². The van der Waals surface area contributed by atoms with Crippen molar-refractivity contribution in [3.63, 3.8) is 0 Å². The minimum Gasteiger partial charge on any atom is -0.482 e. The molecule has 1 aliphatic rings. The van der Waals surface area contributed by atoms with Gasteiger partial charge in [0.1, 0.15) is 5.75 Å². The van der Waals surface area contributed by atoms with Crippen molar-refractivity contribution < 1.29 is 9.53 Å². The topological polar surface area (TPSA) is 64.3 Å². The van der Waals surface area contributed by atoms with Crippen molar-refractivity contribution in [2.45, 2.75) is 6.04 Å². The first-order chi connectivity index (χ1) is 10.0. The smallest absolute Gasteiger partial charge is 0.262 e. The van der Waals surface area contributed by atoms with E-state index in [0.29, 0.717) is 16.5 Å². The van der Waals surface area contributed by atoms with Gasteiger partial charge in [0.2, 0.25) is 0 Å². The number of hydrogen-bond donors (Lipinski definition) is 2. The summed E-state index contributed by atoms with van der Waals surface area (Å²) in [4.78, 5) is 11.4. The lowest BCUT2D eigenvalue weighted by Gasteiger charge is -2.20. The van der Waals surface area contributed by atoms with Crippen LogP contribution in [0.2, 0.25) is 5.02 Å². The average Bonchev–Trinajstić information content (AvgIpc) is 2.44. The van der Waals surface area contributed by atoms with Crippen LogP contribution in [-0.2, 0) is 4.79 Å². The number of nitrogens with two attached hydrogens (primary N) is 1. The normalized spacial score (nSPS) is 14.9. The van der Waals surface area contributed by atoms with Crippen molar-refractivity contribution in [1.82, 2.24) is 0 Å². The molecule has 21 heavy (non-hydrogen) atoms. The van der Waals surface area contributed by atoms with Gasteiger partial charge in [-0.2, -0.15) is 0 Å². The number of halogens is 2. The van der Waals surface area contributed by atoms with Crippen LogP contribution >= 0.6 is 27.5 Å². The second kappa shape index (κ2) is 5.67. The quantitative estimate of drug-likeness (QED) is 0.854. The highest BCUT2D eigenvalue weighted by Gasteiger charge is 2.18. The largest absolute Gasteiger partial charge is 0.482 e. The van der Waals surface area contributed by atoms with Crippen molar-refractivity contribution in [3.8, 4) is 5.75 Å². The van der Waals surface area contributed by atoms with Crippen molar-refractivity contribution in [2.24, 2.45) is 5.73 Å². The monoisotopic (exact) mass is 366 g/mol. The molecule has 0 aromatic heterocycles. The third kappa shape index (κ3) is 3.05. The first kappa shape index (κ1) is 14.4. The van der Waals surface area contributed by atoms with E-state index in [-0.39, 0.29) is 18.6 Å². The second-order valence-corrected chi connectivity index (χ2v) is 6.13. The van der Waals surface area contributed by atoms with E-state index in [1.807, 2.05) is 30.3 Å². The summed E-state index contributed by atoms with van der Waals surface area (Å²) in [7, 11) is 0. The van der Waals surface area contributed by atoms with Crippen LogP contribution in [0.25, 0.3) is 0 Å². The summed E-state index contributed by atoms with van der Waals surface area (Å²) in [5.41, 5.74) is 8.68. The van der Waals surface area contributed by atoms with Crippen LogP contribution in [0, 0.1) is 0 Å². The Morgan fingerprint density at radius 1 is 1.24 bits per heavy atom. The van der Waals surface area contributed by atoms with Crippen molar-refractivity contribution >= 4 is 39.1 Å². The Kier molecular flexibility index (Phi) is 3.89. The SMILES string of the molecule is NC(c1cc(Cl)cc(Br)c1)c1ccc2c(c1)NC(=O)CO2. The maximum atomic E-state index is 11.4. The molecule has 1 heterocycles. The molecule has 0 bridgehead atoms. The molecule has 108 valence electrons. The van der Waals surface area contributed by atoms with Crippen LogP contribution in [0.5, 0.6) is 5.75 Å². The molecule has 3 N–H and O–H groups in total. The van der Waals surface area contributed by atoms with Gasteiger partial charge in [-0.1, -0.05) is 33.6 Å². The van der Waals surface area contributed by atoms with Gasteiger partial charge in [0.25, 0.3) is 5.91 Å². The first-order valence-electron chi connectivity index (χ1n) is 6.31. The molecule has 2 aromatic carbocycles. The van der Waals surface area contributed by atoms with E-state index in [2.05, 4.69) is 21.2 Å². The van der Waals surface area contributed by atoms with E-state index in [0.717, 1.165) is 15.6 Å². The van der Waals surface area contributed by atoms with E-state index in [1.54, 1.807) is 6.07 Å². The summed E-state index contributed by atoms with van der Waals surface area (Å²) in [6.45, 7) is 0.0413. The molecule has 1 amide bonds. The zero-order valence-electron chi connectivity index (χ0n) is 10.9. The zero-order chi connectivity index (χ0) is 15.0. The molecule has 2 aromatic rings. The molecule has 0 aliphatic carbocycles. The number of amides is 1. The molecule has 0 radical (unpaired) electrons. The molecule has 3 rings (SSSR count). The Morgan fingerprint density at radius 2 is 2.05 bits per heavy atom. The number of rotatable bonds is 2. The molecule has 0 saturated carbocycles. The van der Waals surface area contributed by atoms with E-state index < -0.39 is 0 Å². The number of carbonyl (C=O) groups is 1. The summed E-state index contributed by atoms with van der Waals surface area (Å²) >= 11 is 9.46. The lowest BCUT2D eigenvalue weighted by Crippen LogP contribution is -2.25. The molecule has 0 fully saturated rings. The third-order valence-electron chi connectivity index (χ3n) is 3.24. The summed E-state index contributed by atoms with van der Waals surface area (Å²) < 4.78 is 6.20. The number of fused-ring (bicyclic) bond motifs is 1. The molecular weight excluding hydrogens is 356 g/mol. The molecule has 0 spiro atoms. The van der Waals surface area contributed by atoms with Crippen LogP contribution in [-0.4, -0.2) is 12.5 Å². The highest BCUT2D eigenvalue weighted by Crippen LogP contribution is 2.33. The Morgan fingerprint density at radius 3 is 2.81 bits per heavy atom. The summed E-state index contributed by atoms with van der Waals surface area (Å²) in [5.74, 6) is 0.483. The van der Waals surface area contributed by atoms with Crippen molar-refractivity contribution in [2.75, 3.05) is 11.9 Å². The van der Waals surface area contributed by atoms with Gasteiger partial charge in [-0.25, -0.2) is 0 Å². The number of hydrogen-bond acceptors (Lipinski definition) is 3. The Balaban J connectivity index is 1.96. The van der Waals surface area contributed by atoms with Crippen molar-refractivity contribution in [1.29, 1.82) is 0 Å². The van der Waals surface area contributed by atoms with Crippen LogP contribution < -0.4 is 15.8 Å². The summed E-state index contributed by atoms with van der Waals surface area (Å²) in [5, 5.41) is 3.39. The van der Waals surface area contributed by atoms with Gasteiger partial charge < -0.3 is 15.8 Å². The number of nitrogens with one attached hydrogen (secondary N) is 1. The van der Waals surface area contributed by atoms with Gasteiger partial charge in [-0.3, -0.25) is 4.79 Å². The van der Waals surface area contributed by atoms with Gasteiger partial charge in [0.15, 0.2) is 6.61 Å². The first-order valence-corrected chi connectivity index (χ1v) is 7.48. The van der Waals surface area contributed by atoms with Crippen LogP contribution in [0.4, 0.5) is 5.69 Å². The second-order valence-electron chi connectivity index (χ2n) is 4.77. The van der Waals surface area contributed by atoms with Gasteiger partial charge >= 0.3 is 0 Å². The Labute approximate surface area is 135 Å². The van der Waals surface area contributed by atoms with Crippen LogP contribution in [0.15, 0.2) is 40.9 Å². The third-order valence-corrected chi connectivity index (χ3v) is 3.92. The van der Waals surface area contributed by atoms with Crippen LogP contribution in [0.1, 0.15) is 17.2 Å². The molecule has 1 atom stereocenters. The highest BCUT2D eigenvalue weighted by molar-refractivity contribution is 9.10. The molecular formula is C15H12BrClN2O2. The van der Waals surface area contributed by atoms with Gasteiger partial charge in [0.05, 0.1) is 11.7 Å². The van der Waals surface area contributed by atoms with Crippen molar-refractivity contribution in [3.05, 3.63) is 57.0 Å². The standard InChI is InChI=1S/C15H12BrClN2O2/c16-10-3-9(4-11(17)6-10)15(18)8-1-2-13-12(5-8)19-14(20)7-21-13/h1-6,15H,7,18H2,(H,19,20). The fraction of sp³-hybridized carbons (Fsp3) is 0.133. The molecule has 1 unspecified atom stereocenters. The predicted molar refractivity (Wildman–Crippen MR) is 85.7 cm³/mol. The molecule has 0 saturated heterocycles. The number of carbonyl (C=O) groups excluding carboxylic acids is 1. The Bertz CT molecular complexity index is 701. The van der Waals surface area contributed by atoms with Gasteiger partial charge in [-0.15, -0.1) is 0 Å². The minimum atomic E-state index is -0.343. The summed E-state index contributed by atoms with van der Waals surface area (Å²) in [6, 6.07) is 10.7. The van der Waals surface area contributed by atoms with E-state index in [9.17, 15) is 4.79 Å². The average molecular weight is 368 g/mol. The lowest BCUT2D eigenvalue weighted by molar-refractivity contribution is -0.118. The predicted octanol–water partition coefficient (Wildman–Crippen LogP) is 3.48. The fourth-order valence-corrected chi connectivity index (χ4v) is 3.13. The minimum absolute atomic E-state index is 0.0413. The highest BCUT2D eigenvalue weighted by atomic mass is 79.9. The zero-order valence-corrected chi connectivity index (χ0v) is 13.2. The van der Waals surface area contributed by atoms with E-state index >= 15 is 0 Å². The van der Waals surface area contributed by atoms with E-state index in [1.165, 1.54) is 0 Å². The maximum absolute atomic E-state index is 11.4. The number of ether oxygens (including phenoxy) is 1.